The molecule has 0 unspecified atom stereocenters. The van der Waals surface area contributed by atoms with E-state index in [1.165, 1.54) is 37.3 Å². The summed E-state index contributed by atoms with van der Waals surface area (Å²) in [7, 11) is 0. The van der Waals surface area contributed by atoms with Crippen molar-refractivity contribution >= 4 is 17.8 Å². The van der Waals surface area contributed by atoms with Crippen LogP contribution in [0.15, 0.2) is 42.5 Å². The van der Waals surface area contributed by atoms with E-state index < -0.39 is 104 Å². The third-order valence-electron chi connectivity index (χ3n) is 7.23. The predicted molar refractivity (Wildman–Crippen MR) is 148 cm³/mol. The van der Waals surface area contributed by atoms with Crippen LogP contribution in [0, 0.1) is 0 Å². The standard InChI is InChI=1S/C29H34O16/c1-12-22(37)23(38)24(39)29(42-12)45-27-25(40)28(41-11-19(35)14-4-6-16(32)18(34)9-14)43-20(10-30)26(27)44-21(36)7-3-13-2-5-15(31)17(33)8-13/h2-9,12,20,22-34,37-40H,10-11H2,1H3/t12-,20+,22-,23+,24+,25+,26+,27+,28+,29-/m0/s1. The van der Waals surface area contributed by atoms with Gasteiger partial charge in [0.2, 0.25) is 0 Å². The number of esters is 1. The van der Waals surface area contributed by atoms with E-state index in [1.54, 1.807) is 0 Å². The van der Waals surface area contributed by atoms with E-state index in [0.717, 1.165) is 18.2 Å². The van der Waals surface area contributed by atoms with Crippen molar-refractivity contribution in [2.45, 2.75) is 68.3 Å². The summed E-state index contributed by atoms with van der Waals surface area (Å²) in [5, 5.41) is 90.4. The highest BCUT2D eigenvalue weighted by Gasteiger charge is 2.52. The number of phenols is 4. The number of hydrogen-bond acceptors (Lipinski definition) is 16. The van der Waals surface area contributed by atoms with Crippen LogP contribution in [0.2, 0.25) is 0 Å². The molecule has 0 aliphatic carbocycles. The van der Waals surface area contributed by atoms with Crippen LogP contribution in [0.4, 0.5) is 0 Å². The van der Waals surface area contributed by atoms with Gasteiger partial charge in [0.05, 0.1) is 12.7 Å². The lowest BCUT2D eigenvalue weighted by atomic mass is 9.97. The van der Waals surface area contributed by atoms with Gasteiger partial charge in [0, 0.05) is 11.6 Å². The van der Waals surface area contributed by atoms with Crippen LogP contribution in [-0.2, 0) is 28.5 Å². The maximum atomic E-state index is 12.8. The summed E-state index contributed by atoms with van der Waals surface area (Å²) >= 11 is 0. The fourth-order valence-corrected chi connectivity index (χ4v) is 4.68. The molecule has 2 fully saturated rings. The SMILES string of the molecule is C[C@@H]1O[C@@H](O[C@@H]2[C@@H](O)[C@H](OCC(=O)c3ccc(O)c(O)c3)O[C@H](CO)[C@H]2OC(=O)C=Cc2ccc(O)c(O)c2)[C@H](O)[C@H](O)[C@H]1O. The van der Waals surface area contributed by atoms with Crippen molar-refractivity contribution in [3.8, 4) is 23.0 Å². The summed E-state index contributed by atoms with van der Waals surface area (Å²) in [6, 6.07) is 7.04. The zero-order valence-electron chi connectivity index (χ0n) is 23.7. The van der Waals surface area contributed by atoms with Crippen molar-refractivity contribution in [3.05, 3.63) is 53.6 Å². The molecule has 2 heterocycles. The molecule has 45 heavy (non-hydrogen) atoms. The van der Waals surface area contributed by atoms with Crippen LogP contribution >= 0.6 is 0 Å². The molecular formula is C29H34O16. The molecule has 10 atom stereocenters. The van der Waals surface area contributed by atoms with Crippen molar-refractivity contribution in [2.24, 2.45) is 0 Å². The summed E-state index contributed by atoms with van der Waals surface area (Å²) in [5.74, 6) is -3.58. The number of Topliss-reactive ketones (excluding diaryl/α,β-unsaturated/α-hetero) is 1. The molecule has 2 saturated heterocycles. The minimum atomic E-state index is -1.88. The number of hydrogen-bond donors (Lipinski definition) is 9. The molecule has 9 N–H and O–H groups in total. The minimum absolute atomic E-state index is 0.0529. The van der Waals surface area contributed by atoms with E-state index >= 15 is 0 Å². The van der Waals surface area contributed by atoms with Gasteiger partial charge in [-0.1, -0.05) is 6.07 Å². The average Bonchev–Trinajstić information content (AvgIpc) is 3.01. The topological polar surface area (TPSA) is 262 Å². The number of aromatic hydroxyl groups is 4. The zero-order chi connectivity index (χ0) is 33.0. The summed E-state index contributed by atoms with van der Waals surface area (Å²) in [5.41, 5.74) is 0.247. The first kappa shape index (κ1) is 34.0. The maximum absolute atomic E-state index is 12.8. The number of carbonyl (C=O) groups is 2. The van der Waals surface area contributed by atoms with E-state index in [2.05, 4.69) is 0 Å². The number of aliphatic hydroxyl groups is 5. The Kier molecular flexibility index (Phi) is 11.0. The molecule has 0 aromatic heterocycles. The number of ether oxygens (including phenoxy) is 5. The molecule has 0 amide bonds. The molecule has 0 saturated carbocycles. The molecule has 2 aliphatic heterocycles. The van der Waals surface area contributed by atoms with E-state index in [9.17, 15) is 55.5 Å². The van der Waals surface area contributed by atoms with Crippen LogP contribution in [-0.4, -0.2) is 132 Å². The van der Waals surface area contributed by atoms with Gasteiger partial charge >= 0.3 is 5.97 Å². The highest BCUT2D eigenvalue weighted by molar-refractivity contribution is 5.97. The lowest BCUT2D eigenvalue weighted by Crippen LogP contribution is -2.65. The number of aliphatic hydroxyl groups excluding tert-OH is 5. The molecular weight excluding hydrogens is 604 g/mol. The quantitative estimate of drug-likeness (QED) is 0.0629. The van der Waals surface area contributed by atoms with Crippen molar-refractivity contribution in [2.75, 3.05) is 13.2 Å². The van der Waals surface area contributed by atoms with Gasteiger partial charge < -0.3 is 69.6 Å². The summed E-state index contributed by atoms with van der Waals surface area (Å²) < 4.78 is 27.7. The van der Waals surface area contributed by atoms with Gasteiger partial charge in [0.25, 0.3) is 0 Å². The second kappa shape index (κ2) is 14.5. The molecule has 16 heteroatoms. The monoisotopic (exact) mass is 638 g/mol. The van der Waals surface area contributed by atoms with Gasteiger partial charge in [-0.05, 0) is 48.9 Å². The van der Waals surface area contributed by atoms with E-state index in [0.29, 0.717) is 5.56 Å². The van der Waals surface area contributed by atoms with Crippen molar-refractivity contribution in [1.29, 1.82) is 0 Å². The van der Waals surface area contributed by atoms with Gasteiger partial charge in [-0.15, -0.1) is 0 Å². The minimum Gasteiger partial charge on any atom is -0.504 e. The van der Waals surface area contributed by atoms with Gasteiger partial charge in [0.1, 0.15) is 43.2 Å². The Bertz CT molecular complexity index is 1380. The molecule has 4 rings (SSSR count). The second-order valence-corrected chi connectivity index (χ2v) is 10.4. The highest BCUT2D eigenvalue weighted by Crippen LogP contribution is 2.32. The number of benzene rings is 2. The molecule has 2 aromatic rings. The summed E-state index contributed by atoms with van der Waals surface area (Å²) in [6.07, 6.45) is -13.9. The van der Waals surface area contributed by atoms with E-state index in [-0.39, 0.29) is 11.3 Å². The fourth-order valence-electron chi connectivity index (χ4n) is 4.68. The third kappa shape index (κ3) is 7.88. The Morgan fingerprint density at radius 2 is 1.47 bits per heavy atom. The Hall–Kier alpha value is -3.84. The molecule has 2 aromatic carbocycles. The number of rotatable bonds is 10. The predicted octanol–water partition coefficient (Wildman–Crippen LogP) is -1.38. The first-order valence-corrected chi connectivity index (χ1v) is 13.7. The highest BCUT2D eigenvalue weighted by atomic mass is 16.7. The van der Waals surface area contributed by atoms with Crippen LogP contribution in [0.3, 0.4) is 0 Å². The number of phenolic OH excluding ortho intramolecular Hbond substituents is 4. The molecule has 0 spiro atoms. The average molecular weight is 639 g/mol. The van der Waals surface area contributed by atoms with Crippen molar-refractivity contribution in [1.82, 2.24) is 0 Å². The smallest absolute Gasteiger partial charge is 0.331 e. The van der Waals surface area contributed by atoms with Gasteiger partial charge in [-0.3, -0.25) is 4.79 Å². The van der Waals surface area contributed by atoms with Crippen LogP contribution in [0.25, 0.3) is 6.08 Å². The number of ketones is 1. The van der Waals surface area contributed by atoms with Crippen molar-refractivity contribution in [3.63, 3.8) is 0 Å². The third-order valence-corrected chi connectivity index (χ3v) is 7.23. The van der Waals surface area contributed by atoms with Gasteiger partial charge in [-0.25, -0.2) is 4.79 Å². The Balaban J connectivity index is 1.55. The largest absolute Gasteiger partial charge is 0.504 e. The zero-order valence-corrected chi connectivity index (χ0v) is 23.7. The first-order valence-electron chi connectivity index (χ1n) is 13.7. The molecule has 246 valence electrons. The van der Waals surface area contributed by atoms with Crippen LogP contribution in [0.5, 0.6) is 23.0 Å². The Morgan fingerprint density at radius 1 is 0.800 bits per heavy atom. The molecule has 2 aliphatic rings. The summed E-state index contributed by atoms with van der Waals surface area (Å²) in [4.78, 5) is 25.4. The van der Waals surface area contributed by atoms with E-state index in [4.69, 9.17) is 23.7 Å². The Morgan fingerprint density at radius 3 is 2.11 bits per heavy atom. The van der Waals surface area contributed by atoms with E-state index in [1.807, 2.05) is 0 Å². The van der Waals surface area contributed by atoms with Crippen LogP contribution < -0.4 is 0 Å². The lowest BCUT2D eigenvalue weighted by molar-refractivity contribution is -0.356. The normalized spacial score (nSPS) is 32.0. The molecule has 0 bridgehead atoms. The van der Waals surface area contributed by atoms with Crippen molar-refractivity contribution < 1.29 is 79.2 Å². The molecule has 16 nitrogen and oxygen atoms in total. The Labute approximate surface area is 255 Å². The second-order valence-electron chi connectivity index (χ2n) is 10.4. The molecule has 0 radical (unpaired) electrons. The fraction of sp³-hybridized carbons (Fsp3) is 0.448. The van der Waals surface area contributed by atoms with Crippen LogP contribution in [0.1, 0.15) is 22.8 Å². The lowest BCUT2D eigenvalue weighted by Gasteiger charge is -2.46. The number of carbonyl (C=O) groups excluding carboxylic acids is 2. The maximum Gasteiger partial charge on any atom is 0.331 e. The first-order chi connectivity index (χ1) is 21.3. The van der Waals surface area contributed by atoms with Gasteiger partial charge in [-0.2, -0.15) is 0 Å². The summed E-state index contributed by atoms with van der Waals surface area (Å²) in [6.45, 7) is -0.172. The van der Waals surface area contributed by atoms with Gasteiger partial charge in [0.15, 0.2) is 47.5 Å².